The number of phenols is 1. The average molecular weight is 721 g/mol. The average Bonchev–Trinajstić information content (AvgIpc) is 3.08. The standard InChI is InChI=1S/C35H52N4O12/c1-35(2,3)51-34(44)37-12-10-27-4-9-31(40)30(26-27)39-38-29-7-5-28(6-8-29)33(43)36-13-15-46-17-19-48-21-23-50-25-24-49-22-20-47-18-16-45-14-11-32(41)42/h4-9,26,40H,10-25H2,1-3H3,(H,36,43)(H,37,44)(H,41,42). The van der Waals surface area contributed by atoms with Crippen molar-refractivity contribution in [2.24, 2.45) is 10.2 Å². The quantitative estimate of drug-likeness (QED) is 0.0758. The number of aromatic hydroxyl groups is 1. The normalized spacial score (nSPS) is 11.5. The molecule has 2 aromatic rings. The van der Waals surface area contributed by atoms with Gasteiger partial charge in [0.05, 0.1) is 91.4 Å². The number of carbonyl (C=O) groups is 3. The second kappa shape index (κ2) is 25.7. The first-order valence-electron chi connectivity index (χ1n) is 16.8. The summed E-state index contributed by atoms with van der Waals surface area (Å²) in [6.07, 6.45) is -0.00514. The van der Waals surface area contributed by atoms with Gasteiger partial charge in [-0.1, -0.05) is 6.07 Å². The molecule has 0 unspecified atom stereocenters. The minimum Gasteiger partial charge on any atom is -0.506 e. The van der Waals surface area contributed by atoms with E-state index in [2.05, 4.69) is 20.9 Å². The molecule has 16 nitrogen and oxygen atoms in total. The lowest BCUT2D eigenvalue weighted by atomic mass is 10.1. The van der Waals surface area contributed by atoms with E-state index in [1.807, 2.05) is 0 Å². The highest BCUT2D eigenvalue weighted by atomic mass is 16.6. The molecule has 51 heavy (non-hydrogen) atoms. The summed E-state index contributed by atoms with van der Waals surface area (Å²) in [5, 5.41) is 32.5. The summed E-state index contributed by atoms with van der Waals surface area (Å²) in [6.45, 7) is 10.6. The molecule has 4 N–H and O–H groups in total. The van der Waals surface area contributed by atoms with Crippen molar-refractivity contribution in [3.63, 3.8) is 0 Å². The number of ether oxygens (including phenoxy) is 7. The van der Waals surface area contributed by atoms with E-state index in [-0.39, 0.29) is 30.4 Å². The molecule has 0 aliphatic heterocycles. The third-order valence-corrected chi connectivity index (χ3v) is 6.38. The maximum absolute atomic E-state index is 12.5. The van der Waals surface area contributed by atoms with Crippen molar-refractivity contribution in [2.45, 2.75) is 39.2 Å². The Morgan fingerprint density at radius 3 is 1.73 bits per heavy atom. The number of hydrogen-bond acceptors (Lipinski definition) is 13. The molecule has 2 rings (SSSR count). The molecular formula is C35H52N4O12. The molecule has 284 valence electrons. The zero-order chi connectivity index (χ0) is 37.2. The highest BCUT2D eigenvalue weighted by molar-refractivity contribution is 5.94. The lowest BCUT2D eigenvalue weighted by Gasteiger charge is -2.19. The Labute approximate surface area is 298 Å². The summed E-state index contributed by atoms with van der Waals surface area (Å²) in [4.78, 5) is 34.7. The fourth-order valence-corrected chi connectivity index (χ4v) is 3.92. The zero-order valence-electron chi connectivity index (χ0n) is 29.7. The van der Waals surface area contributed by atoms with Gasteiger partial charge in [-0.05, 0) is 69.2 Å². The van der Waals surface area contributed by atoms with Gasteiger partial charge in [-0.15, -0.1) is 5.11 Å². The smallest absolute Gasteiger partial charge is 0.407 e. The Morgan fingerprint density at radius 2 is 1.20 bits per heavy atom. The molecule has 0 saturated heterocycles. The van der Waals surface area contributed by atoms with Gasteiger partial charge in [0, 0.05) is 18.7 Å². The lowest BCUT2D eigenvalue weighted by Crippen LogP contribution is -2.33. The van der Waals surface area contributed by atoms with Gasteiger partial charge in [0.15, 0.2) is 0 Å². The van der Waals surface area contributed by atoms with Crippen molar-refractivity contribution >= 4 is 29.3 Å². The Hall–Kier alpha value is -4.19. The fraction of sp³-hybridized carbons (Fsp3) is 0.571. The molecule has 0 bridgehead atoms. The number of carboxylic acid groups (broad SMARTS) is 1. The van der Waals surface area contributed by atoms with Crippen LogP contribution < -0.4 is 10.6 Å². The molecule has 0 aliphatic rings. The van der Waals surface area contributed by atoms with Crippen LogP contribution in [0.5, 0.6) is 5.75 Å². The van der Waals surface area contributed by atoms with E-state index in [1.165, 1.54) is 6.07 Å². The van der Waals surface area contributed by atoms with Crippen molar-refractivity contribution in [3.05, 3.63) is 53.6 Å². The van der Waals surface area contributed by atoms with Crippen LogP contribution in [-0.2, 0) is 44.4 Å². The summed E-state index contributed by atoms with van der Waals surface area (Å²) >= 11 is 0. The first kappa shape index (κ1) is 43.0. The van der Waals surface area contributed by atoms with Crippen LogP contribution in [0, 0.1) is 0 Å². The van der Waals surface area contributed by atoms with E-state index in [9.17, 15) is 19.5 Å². The second-order valence-electron chi connectivity index (χ2n) is 11.8. The van der Waals surface area contributed by atoms with E-state index >= 15 is 0 Å². The van der Waals surface area contributed by atoms with E-state index in [4.69, 9.17) is 38.3 Å². The van der Waals surface area contributed by atoms with Crippen LogP contribution in [0.3, 0.4) is 0 Å². The molecule has 0 fully saturated rings. The highest BCUT2D eigenvalue weighted by Gasteiger charge is 2.15. The Morgan fingerprint density at radius 1 is 0.667 bits per heavy atom. The molecule has 0 aliphatic carbocycles. The number of phenolic OH excluding ortho intramolecular Hbond substituents is 1. The molecule has 0 heterocycles. The molecule has 2 amide bonds. The lowest BCUT2D eigenvalue weighted by molar-refractivity contribution is -0.138. The van der Waals surface area contributed by atoms with Gasteiger partial charge in [-0.25, -0.2) is 4.79 Å². The minimum absolute atomic E-state index is 0.0195. The SMILES string of the molecule is CC(C)(C)OC(=O)NCCc1ccc(O)c(N=Nc2ccc(C(=O)NCCOCCOCCOCCOCCOCCOCCC(=O)O)cc2)c1. The first-order valence-corrected chi connectivity index (χ1v) is 16.8. The third kappa shape index (κ3) is 22.3. The number of benzene rings is 2. The van der Waals surface area contributed by atoms with Crippen molar-refractivity contribution in [2.75, 3.05) is 92.4 Å². The molecule has 0 radical (unpaired) electrons. The van der Waals surface area contributed by atoms with Crippen LogP contribution in [0.15, 0.2) is 52.7 Å². The topological polar surface area (TPSA) is 205 Å². The number of azo groups is 1. The van der Waals surface area contributed by atoms with Crippen LogP contribution >= 0.6 is 0 Å². The van der Waals surface area contributed by atoms with Crippen LogP contribution in [0.2, 0.25) is 0 Å². The summed E-state index contributed by atoms with van der Waals surface area (Å²) in [6, 6.07) is 11.5. The molecule has 0 atom stereocenters. The van der Waals surface area contributed by atoms with Gasteiger partial charge in [-0.2, -0.15) is 5.11 Å². The number of amides is 2. The maximum Gasteiger partial charge on any atom is 0.407 e. The van der Waals surface area contributed by atoms with E-state index in [0.29, 0.717) is 103 Å². The summed E-state index contributed by atoms with van der Waals surface area (Å²) in [5.41, 5.74) is 1.51. The number of rotatable bonds is 27. The van der Waals surface area contributed by atoms with E-state index in [0.717, 1.165) is 5.56 Å². The maximum atomic E-state index is 12.5. The molecule has 0 spiro atoms. The van der Waals surface area contributed by atoms with Gasteiger partial charge in [0.2, 0.25) is 0 Å². The fourth-order valence-electron chi connectivity index (χ4n) is 3.92. The Bertz CT molecular complexity index is 1320. The monoisotopic (exact) mass is 720 g/mol. The van der Waals surface area contributed by atoms with Crippen LogP contribution in [0.4, 0.5) is 16.2 Å². The van der Waals surface area contributed by atoms with Gasteiger partial charge < -0.3 is 54.0 Å². The van der Waals surface area contributed by atoms with Crippen molar-refractivity contribution in [3.8, 4) is 5.75 Å². The highest BCUT2D eigenvalue weighted by Crippen LogP contribution is 2.29. The number of carboxylic acids is 1. The third-order valence-electron chi connectivity index (χ3n) is 6.38. The van der Waals surface area contributed by atoms with Crippen molar-refractivity contribution in [1.82, 2.24) is 10.6 Å². The molecule has 16 heteroatoms. The predicted molar refractivity (Wildman–Crippen MR) is 186 cm³/mol. The van der Waals surface area contributed by atoms with Crippen LogP contribution in [0.1, 0.15) is 43.1 Å². The summed E-state index contributed by atoms with van der Waals surface area (Å²) in [5.74, 6) is -1.17. The Balaban J connectivity index is 1.48. The van der Waals surface area contributed by atoms with Crippen LogP contribution in [0.25, 0.3) is 0 Å². The van der Waals surface area contributed by atoms with Gasteiger partial charge in [0.25, 0.3) is 5.91 Å². The van der Waals surface area contributed by atoms with Gasteiger partial charge in [-0.3, -0.25) is 9.59 Å². The number of nitrogens with zero attached hydrogens (tertiary/aromatic N) is 2. The number of carbonyl (C=O) groups excluding carboxylic acids is 2. The van der Waals surface area contributed by atoms with Gasteiger partial charge >= 0.3 is 12.1 Å². The first-order chi connectivity index (χ1) is 24.5. The zero-order valence-corrected chi connectivity index (χ0v) is 29.7. The van der Waals surface area contributed by atoms with Crippen LogP contribution in [-0.4, -0.2) is 126 Å². The molecule has 0 aromatic heterocycles. The summed E-state index contributed by atoms with van der Waals surface area (Å²) < 4.78 is 37.4. The molecule has 2 aromatic carbocycles. The largest absolute Gasteiger partial charge is 0.506 e. The van der Waals surface area contributed by atoms with E-state index in [1.54, 1.807) is 57.2 Å². The number of nitrogens with one attached hydrogen (secondary N) is 2. The summed E-state index contributed by atoms with van der Waals surface area (Å²) in [7, 11) is 0. The predicted octanol–water partition coefficient (Wildman–Crippen LogP) is 4.18. The van der Waals surface area contributed by atoms with Crippen molar-refractivity contribution < 1.29 is 57.8 Å². The number of alkyl carbamates (subject to hydrolysis) is 1. The van der Waals surface area contributed by atoms with Crippen molar-refractivity contribution in [1.29, 1.82) is 0 Å². The minimum atomic E-state index is -0.889. The Kier molecular flexibility index (Phi) is 21.7. The molecular weight excluding hydrogens is 668 g/mol. The number of aliphatic carboxylic acids is 1. The number of hydrogen-bond donors (Lipinski definition) is 4. The second-order valence-corrected chi connectivity index (χ2v) is 11.8. The van der Waals surface area contributed by atoms with E-state index < -0.39 is 17.7 Å². The van der Waals surface area contributed by atoms with Gasteiger partial charge in [0.1, 0.15) is 17.0 Å². The molecule has 0 saturated carbocycles.